The average molecular weight is 345 g/mol. The first-order valence-electron chi connectivity index (χ1n) is 7.71. The van der Waals surface area contributed by atoms with Crippen LogP contribution >= 0.6 is 11.6 Å². The summed E-state index contributed by atoms with van der Waals surface area (Å²) >= 11 is 6.31. The quantitative estimate of drug-likeness (QED) is 0.462. The van der Waals surface area contributed by atoms with Gasteiger partial charge in [0, 0.05) is 28.6 Å². The molecule has 0 fully saturated rings. The van der Waals surface area contributed by atoms with Crippen LogP contribution in [0.25, 0.3) is 0 Å². The van der Waals surface area contributed by atoms with Crippen molar-refractivity contribution in [2.75, 3.05) is 5.32 Å². The van der Waals surface area contributed by atoms with Crippen LogP contribution in [-0.4, -0.2) is 4.92 Å². The number of nitrogens with one attached hydrogen (secondary N) is 1. The van der Waals surface area contributed by atoms with Crippen LogP contribution in [0.15, 0.2) is 48.6 Å². The van der Waals surface area contributed by atoms with E-state index in [9.17, 15) is 14.5 Å². The zero-order chi connectivity index (χ0) is 16.8. The highest BCUT2D eigenvalue weighted by molar-refractivity contribution is 6.31. The van der Waals surface area contributed by atoms with Gasteiger partial charge in [0.05, 0.1) is 16.7 Å². The molecule has 0 saturated heterocycles. The van der Waals surface area contributed by atoms with Gasteiger partial charge in [-0.1, -0.05) is 35.9 Å². The Morgan fingerprint density at radius 3 is 2.88 bits per heavy atom. The van der Waals surface area contributed by atoms with Gasteiger partial charge in [-0.05, 0) is 30.0 Å². The number of rotatable bonds is 2. The molecule has 0 saturated carbocycles. The molecule has 0 aromatic heterocycles. The molecule has 1 aliphatic heterocycles. The Morgan fingerprint density at radius 2 is 2.08 bits per heavy atom. The van der Waals surface area contributed by atoms with E-state index in [4.69, 9.17) is 11.6 Å². The van der Waals surface area contributed by atoms with Gasteiger partial charge in [-0.2, -0.15) is 0 Å². The van der Waals surface area contributed by atoms with Gasteiger partial charge in [0.2, 0.25) is 0 Å². The molecule has 4 nitrogen and oxygen atoms in total. The zero-order valence-electron chi connectivity index (χ0n) is 12.6. The smallest absolute Gasteiger partial charge is 0.269 e. The molecule has 1 heterocycles. The lowest BCUT2D eigenvalue weighted by Crippen LogP contribution is -2.30. The number of nitro benzene ring substituents is 1. The maximum Gasteiger partial charge on any atom is 0.269 e. The van der Waals surface area contributed by atoms with Crippen LogP contribution in [0.1, 0.15) is 29.5 Å². The van der Waals surface area contributed by atoms with Crippen LogP contribution in [0.4, 0.5) is 15.8 Å². The summed E-state index contributed by atoms with van der Waals surface area (Å²) in [4.78, 5) is 10.7. The number of hydrogen-bond acceptors (Lipinski definition) is 3. The summed E-state index contributed by atoms with van der Waals surface area (Å²) in [6, 6.07) is 9.17. The molecule has 122 valence electrons. The van der Waals surface area contributed by atoms with Crippen LogP contribution in [-0.2, 0) is 0 Å². The molecule has 6 heteroatoms. The number of nitro groups is 1. The number of benzene rings is 2. The summed E-state index contributed by atoms with van der Waals surface area (Å²) in [5.74, 6) is -0.0890. The summed E-state index contributed by atoms with van der Waals surface area (Å²) in [5, 5.41) is 14.8. The van der Waals surface area contributed by atoms with Gasteiger partial charge in [-0.25, -0.2) is 4.39 Å². The van der Waals surface area contributed by atoms with Crippen molar-refractivity contribution in [1.82, 2.24) is 0 Å². The SMILES string of the molecule is O=[N+]([O-])c1ccc(Cl)c([C@H]2Nc3c(F)cccc3[C@@H]3C=CC[C@@H]23)c1. The summed E-state index contributed by atoms with van der Waals surface area (Å²) in [6.45, 7) is 0. The number of non-ortho nitro benzene ring substituents is 1. The third kappa shape index (κ3) is 2.27. The number of halogens is 2. The van der Waals surface area contributed by atoms with E-state index >= 15 is 0 Å². The van der Waals surface area contributed by atoms with Crippen LogP contribution < -0.4 is 5.32 Å². The van der Waals surface area contributed by atoms with Crippen molar-refractivity contribution in [1.29, 1.82) is 0 Å². The number of para-hydroxylation sites is 1. The van der Waals surface area contributed by atoms with Gasteiger partial charge in [-0.3, -0.25) is 10.1 Å². The molecule has 0 amide bonds. The maximum absolute atomic E-state index is 14.3. The molecule has 0 unspecified atom stereocenters. The van der Waals surface area contributed by atoms with Gasteiger partial charge < -0.3 is 5.32 Å². The molecule has 2 aromatic rings. The Kier molecular flexibility index (Phi) is 3.53. The van der Waals surface area contributed by atoms with Gasteiger partial charge in [-0.15, -0.1) is 0 Å². The Morgan fingerprint density at radius 1 is 1.25 bits per heavy atom. The van der Waals surface area contributed by atoms with Crippen LogP contribution in [0, 0.1) is 21.8 Å². The van der Waals surface area contributed by atoms with Gasteiger partial charge in [0.15, 0.2) is 0 Å². The van der Waals surface area contributed by atoms with Crippen molar-refractivity contribution in [3.63, 3.8) is 0 Å². The fraction of sp³-hybridized carbons (Fsp3) is 0.222. The second-order valence-electron chi connectivity index (χ2n) is 6.14. The van der Waals surface area contributed by atoms with Crippen molar-refractivity contribution in [2.45, 2.75) is 18.4 Å². The molecule has 0 spiro atoms. The van der Waals surface area contributed by atoms with Crippen molar-refractivity contribution >= 4 is 23.0 Å². The molecule has 24 heavy (non-hydrogen) atoms. The van der Waals surface area contributed by atoms with Crippen molar-refractivity contribution < 1.29 is 9.31 Å². The van der Waals surface area contributed by atoms with Crippen LogP contribution in [0.3, 0.4) is 0 Å². The highest BCUT2D eigenvalue weighted by Crippen LogP contribution is 2.51. The topological polar surface area (TPSA) is 55.2 Å². The number of nitrogens with zero attached hydrogens (tertiary/aromatic N) is 1. The molecule has 4 rings (SSSR count). The van der Waals surface area contributed by atoms with Gasteiger partial charge in [0.1, 0.15) is 5.82 Å². The van der Waals surface area contributed by atoms with E-state index in [-0.39, 0.29) is 29.4 Å². The Balaban J connectivity index is 1.84. The van der Waals surface area contributed by atoms with Crippen molar-refractivity contribution in [3.05, 3.63) is 80.6 Å². The first-order valence-corrected chi connectivity index (χ1v) is 8.09. The van der Waals surface area contributed by atoms with E-state index in [1.807, 2.05) is 6.07 Å². The van der Waals surface area contributed by atoms with Crippen LogP contribution in [0.2, 0.25) is 5.02 Å². The van der Waals surface area contributed by atoms with Gasteiger partial charge >= 0.3 is 0 Å². The summed E-state index contributed by atoms with van der Waals surface area (Å²) < 4.78 is 14.3. The van der Waals surface area contributed by atoms with E-state index in [0.717, 1.165) is 12.0 Å². The molecule has 1 aliphatic carbocycles. The van der Waals surface area contributed by atoms with Crippen molar-refractivity contribution in [2.24, 2.45) is 5.92 Å². The molecular formula is C18H14ClFN2O2. The highest BCUT2D eigenvalue weighted by atomic mass is 35.5. The molecule has 0 radical (unpaired) electrons. The predicted octanol–water partition coefficient (Wildman–Crippen LogP) is 5.21. The molecule has 1 N–H and O–H groups in total. The second-order valence-corrected chi connectivity index (χ2v) is 6.55. The molecular weight excluding hydrogens is 331 g/mol. The van der Waals surface area contributed by atoms with E-state index in [0.29, 0.717) is 16.3 Å². The first kappa shape index (κ1) is 15.1. The molecule has 2 aliphatic rings. The molecule has 3 atom stereocenters. The highest BCUT2D eigenvalue weighted by Gasteiger charge is 2.39. The fourth-order valence-corrected chi connectivity index (χ4v) is 4.01. The fourth-order valence-electron chi connectivity index (χ4n) is 3.77. The molecule has 0 bridgehead atoms. The van der Waals surface area contributed by atoms with Crippen LogP contribution in [0.5, 0.6) is 0 Å². The van der Waals surface area contributed by atoms with E-state index < -0.39 is 4.92 Å². The summed E-state index contributed by atoms with van der Waals surface area (Å²) in [5.41, 5.74) is 2.00. The second kappa shape index (κ2) is 5.60. The maximum atomic E-state index is 14.3. The lowest BCUT2D eigenvalue weighted by atomic mass is 9.77. The summed E-state index contributed by atoms with van der Waals surface area (Å²) in [7, 11) is 0. The first-order chi connectivity index (χ1) is 11.6. The predicted molar refractivity (Wildman–Crippen MR) is 90.9 cm³/mol. The monoisotopic (exact) mass is 344 g/mol. The normalized spacial score (nSPS) is 24.2. The Hall–Kier alpha value is -2.40. The largest absolute Gasteiger partial charge is 0.375 e. The number of allylic oxidation sites excluding steroid dienone is 2. The third-order valence-electron chi connectivity index (χ3n) is 4.87. The lowest BCUT2D eigenvalue weighted by Gasteiger charge is -2.37. The van der Waals surface area contributed by atoms with E-state index in [1.54, 1.807) is 6.07 Å². The zero-order valence-corrected chi connectivity index (χ0v) is 13.3. The third-order valence-corrected chi connectivity index (χ3v) is 5.22. The number of anilines is 1. The van der Waals surface area contributed by atoms with E-state index in [1.165, 1.54) is 24.3 Å². The Bertz CT molecular complexity index is 868. The standard InChI is InChI=1S/C18H14ClFN2O2/c19-15-8-7-10(22(23)24)9-14(15)17-12-4-1-3-11(12)13-5-2-6-16(20)18(13)21-17/h1-3,5-9,11-12,17,21H,4H2/t11-,12-,17+/m1/s1. The summed E-state index contributed by atoms with van der Waals surface area (Å²) in [6.07, 6.45) is 4.98. The minimum absolute atomic E-state index is 0.0157. The lowest BCUT2D eigenvalue weighted by molar-refractivity contribution is -0.384. The van der Waals surface area contributed by atoms with E-state index in [2.05, 4.69) is 17.5 Å². The van der Waals surface area contributed by atoms with Crippen molar-refractivity contribution in [3.8, 4) is 0 Å². The Labute approximate surface area is 143 Å². The minimum Gasteiger partial charge on any atom is -0.375 e. The molecule has 2 aromatic carbocycles. The average Bonchev–Trinajstić information content (AvgIpc) is 3.05. The van der Waals surface area contributed by atoms with Gasteiger partial charge in [0.25, 0.3) is 5.69 Å². The number of fused-ring (bicyclic) bond motifs is 3. The number of hydrogen-bond donors (Lipinski definition) is 1. The minimum atomic E-state index is -0.443.